The summed E-state index contributed by atoms with van der Waals surface area (Å²) in [4.78, 5) is 28.9. The second kappa shape index (κ2) is 10.6. The lowest BCUT2D eigenvalue weighted by Crippen LogP contribution is -2.47. The van der Waals surface area contributed by atoms with Crippen molar-refractivity contribution in [2.45, 2.75) is 33.3 Å². The van der Waals surface area contributed by atoms with Crippen LogP contribution >= 0.6 is 11.3 Å². The maximum atomic E-state index is 12.2. The fourth-order valence-electron chi connectivity index (χ4n) is 2.78. The smallest absolute Gasteiger partial charge is 0.279 e. The van der Waals surface area contributed by atoms with Crippen LogP contribution in [0.4, 0.5) is 0 Å². The number of aryl methyl sites for hydroxylation is 1. The summed E-state index contributed by atoms with van der Waals surface area (Å²) < 4.78 is 11.0. The molecule has 8 heteroatoms. The molecular formula is C23H25N3O4S. The first-order chi connectivity index (χ1) is 14.9. The Bertz CT molecular complexity index is 1030. The molecule has 2 aromatic carbocycles. The van der Waals surface area contributed by atoms with Crippen LogP contribution < -0.4 is 20.3 Å². The molecule has 1 atom stereocenters. The van der Waals surface area contributed by atoms with E-state index >= 15 is 0 Å². The number of nitrogens with one attached hydrogen (secondary N) is 2. The molecule has 0 saturated heterocycles. The molecule has 1 aromatic heterocycles. The first-order valence-corrected chi connectivity index (χ1v) is 10.8. The van der Waals surface area contributed by atoms with Crippen molar-refractivity contribution in [3.63, 3.8) is 0 Å². The van der Waals surface area contributed by atoms with Crippen molar-refractivity contribution >= 4 is 23.2 Å². The van der Waals surface area contributed by atoms with Crippen LogP contribution in [0.25, 0.3) is 10.6 Å². The van der Waals surface area contributed by atoms with Crippen LogP contribution in [0.15, 0.2) is 53.9 Å². The van der Waals surface area contributed by atoms with E-state index < -0.39 is 12.0 Å². The van der Waals surface area contributed by atoms with Crippen molar-refractivity contribution in [2.24, 2.45) is 0 Å². The molecule has 1 heterocycles. The summed E-state index contributed by atoms with van der Waals surface area (Å²) in [7, 11) is 0. The Morgan fingerprint density at radius 2 is 1.84 bits per heavy atom. The number of rotatable bonds is 8. The van der Waals surface area contributed by atoms with Gasteiger partial charge in [-0.15, -0.1) is 11.3 Å². The van der Waals surface area contributed by atoms with Crippen molar-refractivity contribution in [1.29, 1.82) is 0 Å². The second-order valence-corrected chi connectivity index (χ2v) is 7.75. The van der Waals surface area contributed by atoms with Gasteiger partial charge in [-0.1, -0.05) is 23.8 Å². The quantitative estimate of drug-likeness (QED) is 0.523. The number of hydrogen-bond acceptors (Lipinski definition) is 6. The number of benzene rings is 2. The average molecular weight is 440 g/mol. The summed E-state index contributed by atoms with van der Waals surface area (Å²) in [5.41, 5.74) is 7.61. The normalized spacial score (nSPS) is 11.5. The molecule has 3 rings (SSSR count). The summed E-state index contributed by atoms with van der Waals surface area (Å²) in [6, 6.07) is 15.0. The van der Waals surface area contributed by atoms with Crippen LogP contribution in [-0.2, 0) is 16.0 Å². The van der Waals surface area contributed by atoms with E-state index in [1.54, 1.807) is 31.2 Å². The zero-order valence-corrected chi connectivity index (χ0v) is 18.5. The largest absolute Gasteiger partial charge is 0.494 e. The Labute approximate surface area is 185 Å². The highest BCUT2D eigenvalue weighted by Crippen LogP contribution is 2.24. The molecule has 0 spiro atoms. The monoisotopic (exact) mass is 439 g/mol. The van der Waals surface area contributed by atoms with Crippen LogP contribution in [0.5, 0.6) is 11.5 Å². The predicted octanol–water partition coefficient (Wildman–Crippen LogP) is 3.67. The Balaban J connectivity index is 1.46. The van der Waals surface area contributed by atoms with Gasteiger partial charge in [0.05, 0.1) is 18.7 Å². The van der Waals surface area contributed by atoms with Gasteiger partial charge in [-0.05, 0) is 51.1 Å². The van der Waals surface area contributed by atoms with Crippen molar-refractivity contribution < 1.29 is 19.1 Å². The van der Waals surface area contributed by atoms with E-state index in [0.717, 1.165) is 21.9 Å². The number of hydrogen-bond donors (Lipinski definition) is 2. The third kappa shape index (κ3) is 6.55. The predicted molar refractivity (Wildman–Crippen MR) is 120 cm³/mol. The fourth-order valence-corrected chi connectivity index (χ4v) is 3.60. The average Bonchev–Trinajstić information content (AvgIpc) is 3.22. The molecule has 162 valence electrons. The van der Waals surface area contributed by atoms with Crippen LogP contribution in [0.2, 0.25) is 0 Å². The van der Waals surface area contributed by atoms with E-state index in [4.69, 9.17) is 9.47 Å². The first kappa shape index (κ1) is 22.3. The highest BCUT2D eigenvalue weighted by atomic mass is 32.1. The second-order valence-electron chi connectivity index (χ2n) is 6.89. The van der Waals surface area contributed by atoms with Gasteiger partial charge in [-0.2, -0.15) is 0 Å². The van der Waals surface area contributed by atoms with E-state index in [9.17, 15) is 9.59 Å². The Morgan fingerprint density at radius 3 is 2.55 bits per heavy atom. The minimum Gasteiger partial charge on any atom is -0.494 e. The van der Waals surface area contributed by atoms with Crippen molar-refractivity contribution in [1.82, 2.24) is 15.8 Å². The van der Waals surface area contributed by atoms with Crippen molar-refractivity contribution in [2.75, 3.05) is 6.61 Å². The minimum absolute atomic E-state index is 0.0662. The highest BCUT2D eigenvalue weighted by Gasteiger charge is 2.16. The van der Waals surface area contributed by atoms with Crippen molar-refractivity contribution in [3.8, 4) is 22.1 Å². The van der Waals surface area contributed by atoms with E-state index in [0.29, 0.717) is 18.1 Å². The molecule has 2 amide bonds. The standard InChI is InChI=1S/C23H25N3O4S/c1-4-29-19-8-10-20(11-9-19)30-16(3)22(28)26-25-21(27)13-18-14-31-23(24-18)17-7-5-6-15(2)12-17/h5-12,14,16H,4,13H2,1-3H3,(H,25,27)(H,26,28). The number of thiazole rings is 1. The maximum Gasteiger partial charge on any atom is 0.279 e. The molecular weight excluding hydrogens is 414 g/mol. The van der Waals surface area contributed by atoms with Gasteiger partial charge in [-0.3, -0.25) is 20.4 Å². The van der Waals surface area contributed by atoms with Crippen LogP contribution in [-0.4, -0.2) is 29.5 Å². The lowest BCUT2D eigenvalue weighted by molar-refractivity contribution is -0.132. The summed E-state index contributed by atoms with van der Waals surface area (Å²) in [5.74, 6) is 0.444. The van der Waals surface area contributed by atoms with E-state index in [2.05, 4.69) is 21.9 Å². The number of carbonyl (C=O) groups excluding carboxylic acids is 2. The molecule has 0 radical (unpaired) electrons. The number of amides is 2. The maximum absolute atomic E-state index is 12.2. The molecule has 7 nitrogen and oxygen atoms in total. The first-order valence-electron chi connectivity index (χ1n) is 9.94. The SMILES string of the molecule is CCOc1ccc(OC(C)C(=O)NNC(=O)Cc2csc(-c3cccc(C)c3)n2)cc1. The van der Waals surface area contributed by atoms with Gasteiger partial charge in [0.1, 0.15) is 16.5 Å². The molecule has 3 aromatic rings. The van der Waals surface area contributed by atoms with Gasteiger partial charge in [0.15, 0.2) is 6.10 Å². The zero-order valence-electron chi connectivity index (χ0n) is 17.7. The molecule has 0 aliphatic heterocycles. The lowest BCUT2D eigenvalue weighted by atomic mass is 10.1. The van der Waals surface area contributed by atoms with Gasteiger partial charge in [0.2, 0.25) is 5.91 Å². The molecule has 0 saturated carbocycles. The topological polar surface area (TPSA) is 89.5 Å². The summed E-state index contributed by atoms with van der Waals surface area (Å²) >= 11 is 1.48. The Hall–Kier alpha value is -3.39. The molecule has 0 aliphatic carbocycles. The summed E-state index contributed by atoms with van der Waals surface area (Å²) in [5, 5.41) is 2.70. The zero-order chi connectivity index (χ0) is 22.2. The van der Waals surface area contributed by atoms with E-state index in [-0.39, 0.29) is 12.3 Å². The number of aromatic nitrogens is 1. The molecule has 0 fully saturated rings. The van der Waals surface area contributed by atoms with Gasteiger partial charge in [-0.25, -0.2) is 4.98 Å². The Kier molecular flexibility index (Phi) is 7.61. The van der Waals surface area contributed by atoms with Crippen LogP contribution in [0.3, 0.4) is 0 Å². The highest BCUT2D eigenvalue weighted by molar-refractivity contribution is 7.13. The molecule has 31 heavy (non-hydrogen) atoms. The molecule has 2 N–H and O–H groups in total. The van der Waals surface area contributed by atoms with Crippen LogP contribution in [0.1, 0.15) is 25.1 Å². The van der Waals surface area contributed by atoms with Gasteiger partial charge >= 0.3 is 0 Å². The third-order valence-corrected chi connectivity index (χ3v) is 5.24. The third-order valence-electron chi connectivity index (χ3n) is 4.30. The summed E-state index contributed by atoms with van der Waals surface area (Å²) in [6.07, 6.45) is -0.720. The van der Waals surface area contributed by atoms with Gasteiger partial charge in [0.25, 0.3) is 5.91 Å². The number of carbonyl (C=O) groups is 2. The van der Waals surface area contributed by atoms with Gasteiger partial charge in [0, 0.05) is 10.9 Å². The van der Waals surface area contributed by atoms with Crippen molar-refractivity contribution in [3.05, 3.63) is 65.2 Å². The van der Waals surface area contributed by atoms with Crippen LogP contribution in [0, 0.1) is 6.92 Å². The van der Waals surface area contributed by atoms with E-state index in [1.807, 2.05) is 37.4 Å². The minimum atomic E-state index is -0.787. The summed E-state index contributed by atoms with van der Waals surface area (Å²) in [6.45, 7) is 6.11. The molecule has 1 unspecified atom stereocenters. The molecule has 0 aliphatic rings. The van der Waals surface area contributed by atoms with Gasteiger partial charge < -0.3 is 9.47 Å². The number of hydrazine groups is 1. The Morgan fingerprint density at radius 1 is 1.10 bits per heavy atom. The number of ether oxygens (including phenoxy) is 2. The fraction of sp³-hybridized carbons (Fsp3) is 0.261. The number of nitrogens with zero attached hydrogens (tertiary/aromatic N) is 1. The molecule has 0 bridgehead atoms. The van der Waals surface area contributed by atoms with E-state index in [1.165, 1.54) is 11.3 Å². The lowest BCUT2D eigenvalue weighted by Gasteiger charge is -2.15.